The van der Waals surface area contributed by atoms with Gasteiger partial charge in [0.25, 0.3) is 0 Å². The maximum atomic E-state index is 5.28. The maximum absolute atomic E-state index is 5.28. The highest BCUT2D eigenvalue weighted by Gasteiger charge is 2.14. The molecular formula is C19H19N3OS. The quantitative estimate of drug-likeness (QED) is 0.611. The fraction of sp³-hybridized carbons (Fsp3) is 0.158. The number of nitrogens with zero attached hydrogens (tertiary/aromatic N) is 2. The molecule has 0 aliphatic heterocycles. The van der Waals surface area contributed by atoms with Crippen molar-refractivity contribution in [1.82, 2.24) is 10.1 Å². The summed E-state index contributed by atoms with van der Waals surface area (Å²) in [7, 11) is 0. The van der Waals surface area contributed by atoms with E-state index < -0.39 is 0 Å². The molecular weight excluding hydrogens is 318 g/mol. The van der Waals surface area contributed by atoms with Gasteiger partial charge in [-0.3, -0.25) is 0 Å². The molecule has 0 bridgehead atoms. The van der Waals surface area contributed by atoms with E-state index >= 15 is 0 Å². The third kappa shape index (κ3) is 3.21. The van der Waals surface area contributed by atoms with Crippen LogP contribution in [0.1, 0.15) is 29.5 Å². The second-order valence-corrected chi connectivity index (χ2v) is 6.63. The first-order valence-corrected chi connectivity index (χ1v) is 8.44. The van der Waals surface area contributed by atoms with Crippen LogP contribution in [-0.4, -0.2) is 16.9 Å². The standard InChI is InChI=1S/C19H19N3OS/c1-12(18-13(2)22-23-14(18)3)10-16-17(11-21-19(16)20-4)24-15-8-6-5-7-9-15/h5-11,21H,4H2,1-3H3/b12-10+. The Morgan fingerprint density at radius 2 is 2.04 bits per heavy atom. The third-order valence-corrected chi connectivity index (χ3v) is 4.84. The van der Waals surface area contributed by atoms with E-state index in [1.165, 1.54) is 4.90 Å². The topological polar surface area (TPSA) is 54.2 Å². The van der Waals surface area contributed by atoms with Crippen molar-refractivity contribution in [2.45, 2.75) is 30.6 Å². The number of aliphatic imine (C=N–C) groups is 1. The zero-order chi connectivity index (χ0) is 17.1. The van der Waals surface area contributed by atoms with Crippen molar-refractivity contribution in [3.05, 3.63) is 59.1 Å². The van der Waals surface area contributed by atoms with Crippen LogP contribution in [0.15, 0.2) is 55.8 Å². The Bertz CT molecular complexity index is 871. The summed E-state index contributed by atoms with van der Waals surface area (Å²) in [5.41, 5.74) is 4.05. The van der Waals surface area contributed by atoms with E-state index in [1.54, 1.807) is 11.8 Å². The molecule has 2 heterocycles. The highest BCUT2D eigenvalue weighted by Crippen LogP contribution is 2.37. The summed E-state index contributed by atoms with van der Waals surface area (Å²) in [5.74, 6) is 1.58. The maximum Gasteiger partial charge on any atom is 0.141 e. The molecule has 0 unspecified atom stereocenters. The normalized spacial score (nSPS) is 11.7. The number of H-pyrrole nitrogens is 1. The minimum absolute atomic E-state index is 0.763. The first kappa shape index (κ1) is 16.3. The third-order valence-electron chi connectivity index (χ3n) is 3.78. The fourth-order valence-electron chi connectivity index (χ4n) is 2.71. The first-order chi connectivity index (χ1) is 11.6. The summed E-state index contributed by atoms with van der Waals surface area (Å²) in [5, 5.41) is 4.03. The minimum atomic E-state index is 0.763. The molecule has 122 valence electrons. The van der Waals surface area contributed by atoms with Crippen LogP contribution in [0.4, 0.5) is 5.82 Å². The van der Waals surface area contributed by atoms with Gasteiger partial charge >= 0.3 is 0 Å². The Morgan fingerprint density at radius 1 is 1.29 bits per heavy atom. The van der Waals surface area contributed by atoms with E-state index in [9.17, 15) is 0 Å². The van der Waals surface area contributed by atoms with Gasteiger partial charge in [0.1, 0.15) is 11.6 Å². The van der Waals surface area contributed by atoms with Crippen LogP contribution in [0.3, 0.4) is 0 Å². The number of aromatic nitrogens is 2. The number of rotatable bonds is 5. The molecule has 0 aliphatic carbocycles. The lowest BCUT2D eigenvalue weighted by Gasteiger charge is -2.04. The zero-order valence-corrected chi connectivity index (χ0v) is 14.8. The minimum Gasteiger partial charge on any atom is -0.361 e. The molecule has 3 aromatic rings. The monoisotopic (exact) mass is 337 g/mol. The lowest BCUT2D eigenvalue weighted by Crippen LogP contribution is -1.85. The Labute approximate surface area is 145 Å². The van der Waals surface area contributed by atoms with Crippen LogP contribution in [-0.2, 0) is 0 Å². The van der Waals surface area contributed by atoms with Crippen molar-refractivity contribution in [2.24, 2.45) is 4.99 Å². The van der Waals surface area contributed by atoms with Crippen LogP contribution in [0.2, 0.25) is 0 Å². The Morgan fingerprint density at radius 3 is 2.67 bits per heavy atom. The molecule has 5 heteroatoms. The number of allylic oxidation sites excluding steroid dienone is 1. The van der Waals surface area contributed by atoms with Gasteiger partial charge in [-0.25, -0.2) is 4.99 Å². The summed E-state index contributed by atoms with van der Waals surface area (Å²) in [4.78, 5) is 9.58. The molecule has 1 N–H and O–H groups in total. The average molecular weight is 337 g/mol. The lowest BCUT2D eigenvalue weighted by atomic mass is 10.0. The van der Waals surface area contributed by atoms with Crippen LogP contribution < -0.4 is 0 Å². The Hall–Kier alpha value is -2.53. The molecule has 24 heavy (non-hydrogen) atoms. The van der Waals surface area contributed by atoms with Gasteiger partial charge in [-0.2, -0.15) is 0 Å². The predicted octanol–water partition coefficient (Wildman–Crippen LogP) is 5.66. The number of benzene rings is 1. The largest absolute Gasteiger partial charge is 0.361 e. The molecule has 0 fully saturated rings. The van der Waals surface area contributed by atoms with Gasteiger partial charge in [-0.15, -0.1) is 0 Å². The molecule has 4 nitrogen and oxygen atoms in total. The highest BCUT2D eigenvalue weighted by molar-refractivity contribution is 7.99. The molecule has 0 spiro atoms. The average Bonchev–Trinajstić information content (AvgIpc) is 3.11. The smallest absolute Gasteiger partial charge is 0.141 e. The first-order valence-electron chi connectivity index (χ1n) is 7.62. The van der Waals surface area contributed by atoms with Gasteiger partial charge in [0, 0.05) is 27.1 Å². The predicted molar refractivity (Wildman–Crippen MR) is 100 cm³/mol. The number of nitrogens with one attached hydrogen (secondary N) is 1. The van der Waals surface area contributed by atoms with Crippen LogP contribution in [0.25, 0.3) is 11.6 Å². The van der Waals surface area contributed by atoms with Crippen molar-refractivity contribution in [1.29, 1.82) is 0 Å². The summed E-state index contributed by atoms with van der Waals surface area (Å²) in [6.07, 6.45) is 4.08. The molecule has 0 atom stereocenters. The summed E-state index contributed by atoms with van der Waals surface area (Å²) >= 11 is 1.70. The van der Waals surface area contributed by atoms with Gasteiger partial charge in [0.05, 0.1) is 5.69 Å². The molecule has 0 saturated carbocycles. The second-order valence-electron chi connectivity index (χ2n) is 5.51. The molecule has 3 rings (SSSR count). The fourth-order valence-corrected chi connectivity index (χ4v) is 3.64. The Balaban J connectivity index is 2.02. The van der Waals surface area contributed by atoms with Crippen LogP contribution >= 0.6 is 11.8 Å². The lowest BCUT2D eigenvalue weighted by molar-refractivity contribution is 0.393. The second kappa shape index (κ2) is 6.93. The molecule has 1 aromatic carbocycles. The number of hydrogen-bond donors (Lipinski definition) is 1. The van der Waals surface area contributed by atoms with Crippen LogP contribution in [0, 0.1) is 13.8 Å². The molecule has 2 aromatic heterocycles. The van der Waals surface area contributed by atoms with Crippen molar-refractivity contribution in [3.63, 3.8) is 0 Å². The van der Waals surface area contributed by atoms with Crippen molar-refractivity contribution < 1.29 is 4.52 Å². The van der Waals surface area contributed by atoms with Crippen molar-refractivity contribution in [2.75, 3.05) is 0 Å². The van der Waals surface area contributed by atoms with Gasteiger partial charge in [-0.1, -0.05) is 35.1 Å². The summed E-state index contributed by atoms with van der Waals surface area (Å²) < 4.78 is 5.28. The summed E-state index contributed by atoms with van der Waals surface area (Å²) in [6.45, 7) is 9.60. The van der Waals surface area contributed by atoms with E-state index in [0.29, 0.717) is 0 Å². The molecule has 0 radical (unpaired) electrons. The molecule has 0 saturated heterocycles. The summed E-state index contributed by atoms with van der Waals surface area (Å²) in [6, 6.07) is 10.3. The zero-order valence-electron chi connectivity index (χ0n) is 14.0. The van der Waals surface area contributed by atoms with E-state index in [0.717, 1.165) is 38.9 Å². The van der Waals surface area contributed by atoms with E-state index in [1.807, 2.05) is 38.2 Å². The molecule has 0 aliphatic rings. The number of aryl methyl sites for hydroxylation is 2. The van der Waals surface area contributed by atoms with Gasteiger partial charge in [0.15, 0.2) is 0 Å². The SMILES string of the molecule is C=Nc1[nH]cc(Sc2ccccc2)c1/C=C(\C)c1c(C)noc1C. The van der Waals surface area contributed by atoms with E-state index in [2.05, 4.69) is 47.0 Å². The number of hydrogen-bond acceptors (Lipinski definition) is 4. The molecule has 0 amide bonds. The number of aromatic amines is 1. The van der Waals surface area contributed by atoms with Crippen molar-refractivity contribution >= 4 is 35.9 Å². The van der Waals surface area contributed by atoms with Crippen LogP contribution in [0.5, 0.6) is 0 Å². The van der Waals surface area contributed by atoms with E-state index in [4.69, 9.17) is 4.52 Å². The van der Waals surface area contributed by atoms with Gasteiger partial charge < -0.3 is 9.51 Å². The van der Waals surface area contributed by atoms with E-state index in [-0.39, 0.29) is 0 Å². The Kier molecular flexibility index (Phi) is 4.71. The highest BCUT2D eigenvalue weighted by atomic mass is 32.2. The van der Waals surface area contributed by atoms with Gasteiger partial charge in [-0.05, 0) is 51.3 Å². The van der Waals surface area contributed by atoms with Crippen molar-refractivity contribution in [3.8, 4) is 0 Å². The van der Waals surface area contributed by atoms with Gasteiger partial charge in [0.2, 0.25) is 0 Å².